The molecule has 188 valence electrons. The maximum Gasteiger partial charge on any atom is 0.338 e. The van der Waals surface area contributed by atoms with Crippen LogP contribution in [0.25, 0.3) is 6.08 Å². The van der Waals surface area contributed by atoms with Gasteiger partial charge < -0.3 is 14.2 Å². The fraction of sp³-hybridized carbons (Fsp3) is 0.321. The number of nitrogens with zero attached hydrogens (tertiary/aromatic N) is 2. The molecule has 1 aliphatic heterocycles. The van der Waals surface area contributed by atoms with E-state index in [2.05, 4.69) is 31.0 Å². The smallest absolute Gasteiger partial charge is 0.338 e. The molecule has 36 heavy (non-hydrogen) atoms. The van der Waals surface area contributed by atoms with Gasteiger partial charge in [-0.05, 0) is 54.7 Å². The molecule has 0 saturated carbocycles. The number of fused-ring (bicyclic) bond motifs is 1. The Bertz CT molecular complexity index is 1500. The lowest BCUT2D eigenvalue weighted by Gasteiger charge is -2.25. The molecule has 0 fully saturated rings. The average molecular weight is 507 g/mol. The van der Waals surface area contributed by atoms with Crippen LogP contribution in [-0.4, -0.2) is 31.4 Å². The van der Waals surface area contributed by atoms with Gasteiger partial charge in [-0.15, -0.1) is 0 Å². The van der Waals surface area contributed by atoms with Crippen LogP contribution < -0.4 is 24.4 Å². The number of benzene rings is 2. The topological polar surface area (TPSA) is 79.1 Å². The maximum absolute atomic E-state index is 13.7. The van der Waals surface area contributed by atoms with Gasteiger partial charge in [0.1, 0.15) is 0 Å². The van der Waals surface area contributed by atoms with Crippen molar-refractivity contribution in [3.05, 3.63) is 90.1 Å². The standard InChI is InChI=1S/C28H30N2O5S/c1-7-35-27(32)24-17(4)29-28-30(25(24)20-12-13-21(33-5)22(15-20)34-6)26(31)23(36-28)14-18-8-10-19(11-9-18)16(2)3/h8-16,25H,7H2,1-6H3/b23-14-. The van der Waals surface area contributed by atoms with E-state index in [1.54, 1.807) is 44.8 Å². The Labute approximate surface area is 214 Å². The molecule has 1 atom stereocenters. The van der Waals surface area contributed by atoms with Crippen LogP contribution in [0.3, 0.4) is 0 Å². The molecule has 3 aromatic rings. The number of aromatic nitrogens is 1. The fourth-order valence-corrected chi connectivity index (χ4v) is 5.30. The van der Waals surface area contributed by atoms with Crippen molar-refractivity contribution in [1.29, 1.82) is 0 Å². The van der Waals surface area contributed by atoms with E-state index in [4.69, 9.17) is 14.2 Å². The second-order valence-corrected chi connectivity index (χ2v) is 9.75. The van der Waals surface area contributed by atoms with Gasteiger partial charge in [0.2, 0.25) is 0 Å². The van der Waals surface area contributed by atoms with Crippen molar-refractivity contribution in [2.45, 2.75) is 39.7 Å². The first kappa shape index (κ1) is 25.4. The lowest BCUT2D eigenvalue weighted by atomic mass is 9.95. The van der Waals surface area contributed by atoms with Crippen LogP contribution in [0.2, 0.25) is 0 Å². The molecule has 0 N–H and O–H groups in total. The Hall–Kier alpha value is -3.65. The Morgan fingerprint density at radius 2 is 1.81 bits per heavy atom. The molecule has 1 unspecified atom stereocenters. The van der Waals surface area contributed by atoms with Crippen molar-refractivity contribution in [1.82, 2.24) is 4.57 Å². The van der Waals surface area contributed by atoms with Gasteiger partial charge in [0, 0.05) is 0 Å². The largest absolute Gasteiger partial charge is 0.493 e. The molecule has 1 aliphatic rings. The zero-order valence-electron chi connectivity index (χ0n) is 21.3. The van der Waals surface area contributed by atoms with E-state index >= 15 is 0 Å². The SMILES string of the molecule is CCOC(=O)C1=C(C)N=c2s/c(=C\c3ccc(C(C)C)cc3)c(=O)n2C1c1ccc(OC)c(OC)c1. The lowest BCUT2D eigenvalue weighted by Crippen LogP contribution is -2.39. The van der Waals surface area contributed by atoms with E-state index in [0.29, 0.717) is 43.6 Å². The minimum atomic E-state index is -0.717. The second kappa shape index (κ2) is 10.5. The van der Waals surface area contributed by atoms with Crippen LogP contribution in [0, 0.1) is 0 Å². The fourth-order valence-electron chi connectivity index (χ4n) is 4.26. The van der Waals surface area contributed by atoms with Gasteiger partial charge >= 0.3 is 5.97 Å². The van der Waals surface area contributed by atoms with Crippen LogP contribution in [0.4, 0.5) is 0 Å². The number of methoxy groups -OCH3 is 2. The summed E-state index contributed by atoms with van der Waals surface area (Å²) in [6.45, 7) is 8.02. The summed E-state index contributed by atoms with van der Waals surface area (Å²) in [4.78, 5) is 31.9. The van der Waals surface area contributed by atoms with Crippen molar-refractivity contribution in [2.75, 3.05) is 20.8 Å². The van der Waals surface area contributed by atoms with Crippen molar-refractivity contribution in [2.24, 2.45) is 4.99 Å². The number of hydrogen-bond donors (Lipinski definition) is 0. The highest BCUT2D eigenvalue weighted by atomic mass is 32.1. The van der Waals surface area contributed by atoms with Crippen molar-refractivity contribution >= 4 is 23.4 Å². The van der Waals surface area contributed by atoms with Crippen LogP contribution in [-0.2, 0) is 9.53 Å². The van der Waals surface area contributed by atoms with Gasteiger partial charge in [0.05, 0.1) is 42.7 Å². The van der Waals surface area contributed by atoms with Gasteiger partial charge in [0.15, 0.2) is 16.3 Å². The Kier molecular flexibility index (Phi) is 7.45. The van der Waals surface area contributed by atoms with Crippen molar-refractivity contribution < 1.29 is 19.0 Å². The number of carbonyl (C=O) groups excluding carboxylic acids is 1. The quantitative estimate of drug-likeness (QED) is 0.454. The molecule has 0 spiro atoms. The molecule has 0 bridgehead atoms. The summed E-state index contributed by atoms with van der Waals surface area (Å²) in [6, 6.07) is 12.8. The minimum Gasteiger partial charge on any atom is -0.493 e. The van der Waals surface area contributed by atoms with Gasteiger partial charge in [0.25, 0.3) is 5.56 Å². The molecular weight excluding hydrogens is 476 g/mol. The van der Waals surface area contributed by atoms with E-state index in [1.165, 1.54) is 16.9 Å². The highest BCUT2D eigenvalue weighted by Gasteiger charge is 2.33. The summed E-state index contributed by atoms with van der Waals surface area (Å²) in [5, 5.41) is 0. The first-order valence-electron chi connectivity index (χ1n) is 11.8. The lowest BCUT2D eigenvalue weighted by molar-refractivity contribution is -0.139. The Morgan fingerprint density at radius 3 is 2.42 bits per heavy atom. The molecular formula is C28H30N2O5S. The van der Waals surface area contributed by atoms with Crippen LogP contribution >= 0.6 is 11.3 Å². The van der Waals surface area contributed by atoms with Crippen LogP contribution in [0.15, 0.2) is 63.5 Å². The summed E-state index contributed by atoms with van der Waals surface area (Å²) in [6.07, 6.45) is 1.86. The molecule has 0 amide bonds. The third-order valence-electron chi connectivity index (χ3n) is 6.14. The second-order valence-electron chi connectivity index (χ2n) is 8.74. The zero-order valence-corrected chi connectivity index (χ0v) is 22.1. The van der Waals surface area contributed by atoms with E-state index < -0.39 is 12.0 Å². The summed E-state index contributed by atoms with van der Waals surface area (Å²) in [7, 11) is 3.10. The van der Waals surface area contributed by atoms with Crippen LogP contribution in [0.1, 0.15) is 56.3 Å². The molecule has 0 saturated heterocycles. The summed E-state index contributed by atoms with van der Waals surface area (Å²) in [5.74, 6) is 0.976. The highest BCUT2D eigenvalue weighted by molar-refractivity contribution is 7.07. The van der Waals surface area contributed by atoms with Gasteiger partial charge in [-0.2, -0.15) is 0 Å². The van der Waals surface area contributed by atoms with E-state index in [-0.39, 0.29) is 12.2 Å². The van der Waals surface area contributed by atoms with E-state index in [1.807, 2.05) is 24.3 Å². The molecule has 4 rings (SSSR count). The number of rotatable bonds is 7. The zero-order chi connectivity index (χ0) is 26.0. The first-order valence-corrected chi connectivity index (χ1v) is 12.6. The highest BCUT2D eigenvalue weighted by Crippen LogP contribution is 2.36. The molecule has 2 heterocycles. The average Bonchev–Trinajstić information content (AvgIpc) is 3.17. The Morgan fingerprint density at radius 1 is 1.11 bits per heavy atom. The minimum absolute atomic E-state index is 0.213. The van der Waals surface area contributed by atoms with Crippen LogP contribution in [0.5, 0.6) is 11.5 Å². The maximum atomic E-state index is 13.7. The number of allylic oxidation sites excluding steroid dienone is 1. The first-order chi connectivity index (χ1) is 17.3. The number of carbonyl (C=O) groups is 1. The molecule has 7 nitrogen and oxygen atoms in total. The number of ether oxygens (including phenoxy) is 3. The third-order valence-corrected chi connectivity index (χ3v) is 7.12. The summed E-state index contributed by atoms with van der Waals surface area (Å²) >= 11 is 1.30. The van der Waals surface area contributed by atoms with Gasteiger partial charge in [-0.3, -0.25) is 9.36 Å². The normalized spacial score (nSPS) is 15.5. The molecule has 0 radical (unpaired) electrons. The van der Waals surface area contributed by atoms with Crippen molar-refractivity contribution in [3.8, 4) is 11.5 Å². The number of esters is 1. The monoisotopic (exact) mass is 506 g/mol. The van der Waals surface area contributed by atoms with Crippen molar-refractivity contribution in [3.63, 3.8) is 0 Å². The molecule has 0 aliphatic carbocycles. The molecule has 8 heteroatoms. The van der Waals surface area contributed by atoms with Gasteiger partial charge in [-0.1, -0.05) is 55.5 Å². The number of hydrogen-bond acceptors (Lipinski definition) is 7. The number of thiazole rings is 1. The summed E-state index contributed by atoms with van der Waals surface area (Å²) in [5.41, 5.74) is 3.47. The Balaban J connectivity index is 1.92. The predicted octanol–water partition coefficient (Wildman–Crippen LogP) is 3.94. The van der Waals surface area contributed by atoms with E-state index in [0.717, 1.165) is 5.56 Å². The van der Waals surface area contributed by atoms with E-state index in [9.17, 15) is 9.59 Å². The molecule has 1 aromatic heterocycles. The third kappa shape index (κ3) is 4.73. The van der Waals surface area contributed by atoms with Gasteiger partial charge in [-0.25, -0.2) is 9.79 Å². The summed E-state index contributed by atoms with van der Waals surface area (Å²) < 4.78 is 18.3. The molecule has 2 aromatic carbocycles. The predicted molar refractivity (Wildman–Crippen MR) is 140 cm³/mol.